The van der Waals surface area contributed by atoms with Crippen molar-refractivity contribution in [1.29, 1.82) is 0 Å². The number of hydrogen-bond acceptors (Lipinski definition) is 4. The van der Waals surface area contributed by atoms with Crippen molar-refractivity contribution in [2.45, 2.75) is 17.2 Å². The van der Waals surface area contributed by atoms with Crippen LogP contribution < -0.4 is 4.72 Å². The van der Waals surface area contributed by atoms with Crippen molar-refractivity contribution in [1.82, 2.24) is 9.62 Å². The molecule has 0 aliphatic carbocycles. The van der Waals surface area contributed by atoms with Crippen LogP contribution in [0.1, 0.15) is 16.5 Å². The number of rotatable bonds is 6. The molecular formula is C15H19FN2O2S2. The lowest BCUT2D eigenvalue weighted by atomic mass is 10.1. The van der Waals surface area contributed by atoms with Crippen molar-refractivity contribution in [2.24, 2.45) is 0 Å². The van der Waals surface area contributed by atoms with Gasteiger partial charge in [-0.25, -0.2) is 17.5 Å². The molecule has 1 atom stereocenters. The zero-order chi connectivity index (χ0) is 16.3. The highest BCUT2D eigenvalue weighted by Gasteiger charge is 2.21. The van der Waals surface area contributed by atoms with Crippen LogP contribution in [-0.4, -0.2) is 34.0 Å². The van der Waals surface area contributed by atoms with E-state index in [0.717, 1.165) is 10.4 Å². The van der Waals surface area contributed by atoms with E-state index in [-0.39, 0.29) is 18.4 Å². The summed E-state index contributed by atoms with van der Waals surface area (Å²) in [4.78, 5) is 2.80. The predicted octanol–water partition coefficient (Wildman–Crippen LogP) is 2.78. The summed E-state index contributed by atoms with van der Waals surface area (Å²) < 4.78 is 40.8. The minimum Gasteiger partial charge on any atom is -0.301 e. The molecule has 4 nitrogen and oxygen atoms in total. The Balaban J connectivity index is 2.16. The molecule has 22 heavy (non-hydrogen) atoms. The molecular weight excluding hydrogens is 323 g/mol. The van der Waals surface area contributed by atoms with Gasteiger partial charge in [0.2, 0.25) is 10.0 Å². The van der Waals surface area contributed by atoms with Crippen LogP contribution in [0.4, 0.5) is 4.39 Å². The largest absolute Gasteiger partial charge is 0.301 e. The third-order valence-corrected chi connectivity index (χ3v) is 6.22. The van der Waals surface area contributed by atoms with Gasteiger partial charge in [0.05, 0.1) is 0 Å². The third-order valence-electron chi connectivity index (χ3n) is 3.30. The van der Waals surface area contributed by atoms with Gasteiger partial charge in [0, 0.05) is 17.5 Å². The lowest BCUT2D eigenvalue weighted by Crippen LogP contribution is -2.34. The first kappa shape index (κ1) is 17.1. The molecule has 0 radical (unpaired) electrons. The van der Waals surface area contributed by atoms with Crippen molar-refractivity contribution >= 4 is 21.4 Å². The molecule has 0 spiro atoms. The smallest absolute Gasteiger partial charge is 0.250 e. The van der Waals surface area contributed by atoms with Crippen LogP contribution in [0.2, 0.25) is 0 Å². The van der Waals surface area contributed by atoms with Gasteiger partial charge in [-0.2, -0.15) is 0 Å². The number of halogens is 1. The first-order valence-electron chi connectivity index (χ1n) is 6.77. The second-order valence-corrected chi connectivity index (χ2v) is 8.53. The van der Waals surface area contributed by atoms with Crippen molar-refractivity contribution in [2.75, 3.05) is 20.6 Å². The maximum atomic E-state index is 13.4. The Morgan fingerprint density at radius 3 is 2.55 bits per heavy atom. The van der Waals surface area contributed by atoms with Gasteiger partial charge in [-0.1, -0.05) is 12.1 Å². The van der Waals surface area contributed by atoms with E-state index >= 15 is 0 Å². The fraction of sp³-hybridized carbons (Fsp3) is 0.333. The number of likely N-dealkylation sites (N-methyl/N-ethyl adjacent to an activating group) is 1. The molecule has 0 saturated carbocycles. The molecule has 1 N–H and O–H groups in total. The maximum absolute atomic E-state index is 13.4. The van der Waals surface area contributed by atoms with E-state index in [1.165, 1.54) is 23.5 Å². The van der Waals surface area contributed by atoms with Gasteiger partial charge in [0.1, 0.15) is 10.0 Å². The van der Waals surface area contributed by atoms with Gasteiger partial charge >= 0.3 is 0 Å². The van der Waals surface area contributed by atoms with Crippen LogP contribution in [0.15, 0.2) is 40.6 Å². The number of benzene rings is 1. The number of nitrogens with one attached hydrogen (secondary N) is 1. The molecule has 0 aliphatic heterocycles. The molecule has 0 fully saturated rings. The maximum Gasteiger partial charge on any atom is 0.250 e. The van der Waals surface area contributed by atoms with E-state index in [1.807, 2.05) is 25.9 Å². The fourth-order valence-electron chi connectivity index (χ4n) is 2.13. The van der Waals surface area contributed by atoms with Crippen LogP contribution >= 0.6 is 11.3 Å². The number of aryl methyl sites for hydroxylation is 1. The summed E-state index contributed by atoms with van der Waals surface area (Å²) in [5, 5.41) is 0. The highest BCUT2D eigenvalue weighted by atomic mass is 32.2. The average Bonchev–Trinajstić information content (AvgIpc) is 2.86. The first-order valence-corrected chi connectivity index (χ1v) is 9.07. The highest BCUT2D eigenvalue weighted by Crippen LogP contribution is 2.22. The Morgan fingerprint density at radius 1 is 1.27 bits per heavy atom. The van der Waals surface area contributed by atoms with Crippen LogP contribution in [0.25, 0.3) is 0 Å². The molecule has 0 saturated heterocycles. The van der Waals surface area contributed by atoms with E-state index in [1.54, 1.807) is 24.3 Å². The van der Waals surface area contributed by atoms with Crippen molar-refractivity contribution in [3.8, 4) is 0 Å². The predicted molar refractivity (Wildman–Crippen MR) is 87.1 cm³/mol. The minimum absolute atomic E-state index is 0.176. The van der Waals surface area contributed by atoms with Crippen LogP contribution in [0, 0.1) is 12.7 Å². The summed E-state index contributed by atoms with van der Waals surface area (Å²) in [6, 6.07) is 9.33. The van der Waals surface area contributed by atoms with E-state index in [9.17, 15) is 12.8 Å². The standard InChI is InChI=1S/C15H19FN2O2S2/c1-11-7-8-15(21-11)22(19,20)17-10-14(18(2)3)12-5-4-6-13(16)9-12/h4-9,14,17H,10H2,1-3H3. The number of hydrogen-bond donors (Lipinski definition) is 1. The Labute approximate surface area is 134 Å². The second-order valence-electron chi connectivity index (χ2n) is 5.25. The summed E-state index contributed by atoms with van der Waals surface area (Å²) in [5.74, 6) is -0.332. The molecule has 0 aliphatic rings. The average molecular weight is 342 g/mol. The van der Waals surface area contributed by atoms with Crippen LogP contribution in [0.5, 0.6) is 0 Å². The SMILES string of the molecule is Cc1ccc(S(=O)(=O)NCC(c2cccc(F)c2)N(C)C)s1. The summed E-state index contributed by atoms with van der Waals surface area (Å²) in [7, 11) is 0.127. The zero-order valence-corrected chi connectivity index (χ0v) is 14.3. The Hall–Kier alpha value is -1.28. The monoisotopic (exact) mass is 342 g/mol. The molecule has 1 unspecified atom stereocenters. The number of sulfonamides is 1. The molecule has 7 heteroatoms. The van der Waals surface area contributed by atoms with Crippen molar-refractivity contribution in [3.63, 3.8) is 0 Å². The molecule has 120 valence electrons. The minimum atomic E-state index is -3.54. The van der Waals surface area contributed by atoms with Gasteiger partial charge in [-0.3, -0.25) is 0 Å². The quantitative estimate of drug-likeness (QED) is 0.878. The zero-order valence-electron chi connectivity index (χ0n) is 12.7. The Morgan fingerprint density at radius 2 is 2.00 bits per heavy atom. The van der Waals surface area contributed by atoms with Gasteiger partial charge in [-0.05, 0) is 50.8 Å². The molecule has 2 aromatic rings. The summed E-state index contributed by atoms with van der Waals surface area (Å²) in [5.41, 5.74) is 0.732. The molecule has 2 rings (SSSR count). The third kappa shape index (κ3) is 4.13. The first-order chi connectivity index (χ1) is 10.3. The number of nitrogens with zero attached hydrogens (tertiary/aromatic N) is 1. The van der Waals surface area contributed by atoms with Crippen LogP contribution in [0.3, 0.4) is 0 Å². The summed E-state index contributed by atoms with van der Waals surface area (Å²) in [6.45, 7) is 2.04. The van der Waals surface area contributed by atoms with Gasteiger partial charge < -0.3 is 4.90 Å². The molecule has 0 amide bonds. The molecule has 1 heterocycles. The van der Waals surface area contributed by atoms with Crippen molar-refractivity contribution in [3.05, 3.63) is 52.7 Å². The molecule has 1 aromatic carbocycles. The lowest BCUT2D eigenvalue weighted by Gasteiger charge is -2.25. The van der Waals surface area contributed by atoms with Crippen LogP contribution in [-0.2, 0) is 10.0 Å². The van der Waals surface area contributed by atoms with E-state index in [4.69, 9.17) is 0 Å². The Kier molecular flexibility index (Phi) is 5.33. The second kappa shape index (κ2) is 6.87. The van der Waals surface area contributed by atoms with Crippen molar-refractivity contribution < 1.29 is 12.8 Å². The lowest BCUT2D eigenvalue weighted by molar-refractivity contribution is 0.299. The topological polar surface area (TPSA) is 49.4 Å². The molecule has 0 bridgehead atoms. The van der Waals surface area contributed by atoms with E-state index in [0.29, 0.717) is 4.21 Å². The summed E-state index contributed by atoms with van der Waals surface area (Å²) in [6.07, 6.45) is 0. The van der Waals surface area contributed by atoms with Gasteiger partial charge in [0.15, 0.2) is 0 Å². The Bertz CT molecular complexity index is 742. The fourth-order valence-corrected chi connectivity index (χ4v) is 4.49. The van der Waals surface area contributed by atoms with Gasteiger partial charge in [-0.15, -0.1) is 11.3 Å². The number of thiophene rings is 1. The normalized spacial score (nSPS) is 13.5. The van der Waals surface area contributed by atoms with E-state index in [2.05, 4.69) is 4.72 Å². The summed E-state index contributed by atoms with van der Waals surface area (Å²) >= 11 is 1.23. The van der Waals surface area contributed by atoms with Gasteiger partial charge in [0.25, 0.3) is 0 Å². The molecule has 1 aromatic heterocycles. The van der Waals surface area contributed by atoms with E-state index < -0.39 is 10.0 Å². The highest BCUT2D eigenvalue weighted by molar-refractivity contribution is 7.91.